The molecule has 6 heteroatoms. The molecule has 3 rings (SSSR count). The number of para-hydroxylation sites is 1. The molecular weight excluding hydrogens is 529 g/mol. The molecule has 0 bridgehead atoms. The van der Waals surface area contributed by atoms with Crippen LogP contribution in [0.3, 0.4) is 0 Å². The fourth-order valence-electron chi connectivity index (χ4n) is 6.10. The van der Waals surface area contributed by atoms with Gasteiger partial charge in [-0.25, -0.2) is 4.39 Å². The summed E-state index contributed by atoms with van der Waals surface area (Å²) in [4.78, 5) is 15.6. The summed E-state index contributed by atoms with van der Waals surface area (Å²) in [5.41, 5.74) is 2.03. The van der Waals surface area contributed by atoms with Crippen LogP contribution in [0.5, 0.6) is 11.5 Å². The highest BCUT2D eigenvalue weighted by atomic mass is 19.1. The number of rotatable bonds is 20. The molecule has 0 spiro atoms. The van der Waals surface area contributed by atoms with Gasteiger partial charge < -0.3 is 19.1 Å². The quantitative estimate of drug-likeness (QED) is 0.115. The van der Waals surface area contributed by atoms with Gasteiger partial charge in [-0.2, -0.15) is 0 Å². The minimum atomic E-state index is -0.366. The Balaban J connectivity index is 1.49. The third-order valence-electron chi connectivity index (χ3n) is 8.67. The fraction of sp³-hybridized carbons (Fsp3) is 0.639. The molecule has 1 aliphatic rings. The highest BCUT2D eigenvalue weighted by Crippen LogP contribution is 2.42. The molecule has 0 aromatic heterocycles. The summed E-state index contributed by atoms with van der Waals surface area (Å²) in [6.07, 6.45) is 16.6. The van der Waals surface area contributed by atoms with E-state index in [-0.39, 0.29) is 23.8 Å². The van der Waals surface area contributed by atoms with Gasteiger partial charge in [0.15, 0.2) is 11.5 Å². The summed E-state index contributed by atoms with van der Waals surface area (Å²) < 4.78 is 30.8. The Labute approximate surface area is 254 Å². The number of hydrogen-bond donors (Lipinski definition) is 0. The molecule has 0 N–H and O–H groups in total. The maximum atomic E-state index is 13.3. The van der Waals surface area contributed by atoms with E-state index in [9.17, 15) is 9.18 Å². The topological polar surface area (TPSA) is 48.0 Å². The molecule has 0 amide bonds. The Morgan fingerprint density at radius 1 is 0.857 bits per heavy atom. The van der Waals surface area contributed by atoms with Crippen molar-refractivity contribution in [1.29, 1.82) is 0 Å². The number of piperidine rings is 1. The molecule has 1 heterocycles. The van der Waals surface area contributed by atoms with Crippen molar-refractivity contribution in [2.75, 3.05) is 33.9 Å². The molecule has 0 saturated carbocycles. The molecule has 42 heavy (non-hydrogen) atoms. The van der Waals surface area contributed by atoms with Crippen molar-refractivity contribution >= 4 is 5.97 Å². The lowest BCUT2D eigenvalue weighted by Crippen LogP contribution is -2.37. The van der Waals surface area contributed by atoms with E-state index in [1.165, 1.54) is 69.9 Å². The SMILES string of the molecule is CCCCCCCCCCCCCC(=O)O[C@@H](c1cccc(OC)c1OC)C1CCN(CCc2ccc(F)cc2)CC1. The van der Waals surface area contributed by atoms with Crippen LogP contribution in [0.15, 0.2) is 42.5 Å². The van der Waals surface area contributed by atoms with Gasteiger partial charge in [-0.1, -0.05) is 95.4 Å². The van der Waals surface area contributed by atoms with Crippen molar-refractivity contribution in [3.8, 4) is 11.5 Å². The van der Waals surface area contributed by atoms with E-state index in [2.05, 4.69) is 11.8 Å². The minimum absolute atomic E-state index is 0.125. The number of methoxy groups -OCH3 is 2. The summed E-state index contributed by atoms with van der Waals surface area (Å²) in [6, 6.07) is 12.6. The Bertz CT molecular complexity index is 1020. The lowest BCUT2D eigenvalue weighted by molar-refractivity contribution is -0.153. The van der Waals surface area contributed by atoms with Gasteiger partial charge in [-0.05, 0) is 62.5 Å². The highest BCUT2D eigenvalue weighted by Gasteiger charge is 2.33. The van der Waals surface area contributed by atoms with Gasteiger partial charge in [-0.3, -0.25) is 4.79 Å². The first-order valence-corrected chi connectivity index (χ1v) is 16.4. The zero-order valence-electron chi connectivity index (χ0n) is 26.4. The van der Waals surface area contributed by atoms with Gasteiger partial charge in [0.1, 0.15) is 11.9 Å². The average molecular weight is 584 g/mol. The second-order valence-electron chi connectivity index (χ2n) is 11.8. The molecule has 0 aliphatic carbocycles. The van der Waals surface area contributed by atoms with Crippen molar-refractivity contribution in [1.82, 2.24) is 4.90 Å². The van der Waals surface area contributed by atoms with Crippen LogP contribution in [0, 0.1) is 11.7 Å². The number of hydrogen-bond acceptors (Lipinski definition) is 5. The van der Waals surface area contributed by atoms with Crippen LogP contribution in [0.4, 0.5) is 4.39 Å². The van der Waals surface area contributed by atoms with Crippen LogP contribution in [-0.2, 0) is 16.0 Å². The van der Waals surface area contributed by atoms with Crippen LogP contribution >= 0.6 is 0 Å². The number of unbranched alkanes of at least 4 members (excludes halogenated alkanes) is 10. The first-order valence-electron chi connectivity index (χ1n) is 16.4. The van der Waals surface area contributed by atoms with Crippen LogP contribution in [0.25, 0.3) is 0 Å². The summed E-state index contributed by atoms with van der Waals surface area (Å²) in [5.74, 6) is 1.18. The number of likely N-dealkylation sites (tertiary alicyclic amines) is 1. The lowest BCUT2D eigenvalue weighted by Gasteiger charge is -2.36. The molecule has 1 saturated heterocycles. The van der Waals surface area contributed by atoms with Crippen LogP contribution in [-0.4, -0.2) is 44.7 Å². The largest absolute Gasteiger partial charge is 0.493 e. The zero-order valence-corrected chi connectivity index (χ0v) is 26.4. The third kappa shape index (κ3) is 11.6. The highest BCUT2D eigenvalue weighted by molar-refractivity contribution is 5.70. The lowest BCUT2D eigenvalue weighted by atomic mass is 9.86. The van der Waals surface area contributed by atoms with E-state index in [1.54, 1.807) is 14.2 Å². The number of carbonyl (C=O) groups is 1. The van der Waals surface area contributed by atoms with Gasteiger partial charge in [0.25, 0.3) is 0 Å². The summed E-state index contributed by atoms with van der Waals surface area (Å²) in [5, 5.41) is 0. The maximum absolute atomic E-state index is 13.3. The van der Waals surface area contributed by atoms with Crippen molar-refractivity contribution in [2.45, 2.75) is 109 Å². The Kier molecular flexibility index (Phi) is 15.8. The van der Waals surface area contributed by atoms with Gasteiger partial charge in [0.2, 0.25) is 0 Å². The van der Waals surface area contributed by atoms with Crippen LogP contribution in [0.2, 0.25) is 0 Å². The summed E-state index contributed by atoms with van der Waals surface area (Å²) in [7, 11) is 3.28. The van der Waals surface area contributed by atoms with Crippen molar-refractivity contribution in [3.05, 3.63) is 59.4 Å². The first kappa shape index (κ1) is 33.9. The number of esters is 1. The smallest absolute Gasteiger partial charge is 0.306 e. The molecule has 2 aromatic rings. The van der Waals surface area contributed by atoms with Crippen LogP contribution < -0.4 is 9.47 Å². The number of nitrogens with zero attached hydrogens (tertiary/aromatic N) is 1. The van der Waals surface area contributed by atoms with Crippen LogP contribution in [0.1, 0.15) is 114 Å². The van der Waals surface area contributed by atoms with E-state index in [0.29, 0.717) is 17.9 Å². The Morgan fingerprint density at radius 3 is 2.07 bits per heavy atom. The molecule has 0 unspecified atom stereocenters. The Hall–Kier alpha value is -2.60. The van der Waals surface area contributed by atoms with Gasteiger partial charge >= 0.3 is 5.97 Å². The molecule has 1 aliphatic heterocycles. The first-order chi connectivity index (χ1) is 20.5. The molecular formula is C36H54FNO4. The monoisotopic (exact) mass is 583 g/mol. The maximum Gasteiger partial charge on any atom is 0.306 e. The number of benzene rings is 2. The molecule has 2 aromatic carbocycles. The predicted octanol–water partition coefficient (Wildman–Crippen LogP) is 9.08. The van der Waals surface area contributed by atoms with E-state index >= 15 is 0 Å². The summed E-state index contributed by atoms with van der Waals surface area (Å²) >= 11 is 0. The van der Waals surface area contributed by atoms with Crippen molar-refractivity contribution in [2.24, 2.45) is 5.92 Å². The normalized spacial score (nSPS) is 15.0. The molecule has 1 fully saturated rings. The average Bonchev–Trinajstić information content (AvgIpc) is 3.02. The molecule has 234 valence electrons. The van der Waals surface area contributed by atoms with Gasteiger partial charge in [-0.15, -0.1) is 0 Å². The zero-order chi connectivity index (χ0) is 30.0. The second-order valence-corrected chi connectivity index (χ2v) is 11.8. The third-order valence-corrected chi connectivity index (χ3v) is 8.67. The summed E-state index contributed by atoms with van der Waals surface area (Å²) in [6.45, 7) is 5.06. The van der Waals surface area contributed by atoms with E-state index < -0.39 is 0 Å². The van der Waals surface area contributed by atoms with E-state index in [4.69, 9.17) is 14.2 Å². The minimum Gasteiger partial charge on any atom is -0.493 e. The van der Waals surface area contributed by atoms with E-state index in [1.807, 2.05) is 30.3 Å². The predicted molar refractivity (Wildman–Crippen MR) is 169 cm³/mol. The number of halogens is 1. The molecule has 1 atom stereocenters. The number of carbonyl (C=O) groups excluding carboxylic acids is 1. The standard InChI is InChI=1S/C36H54FNO4/c1-4-5-6-7-8-9-10-11-12-13-14-18-34(39)42-35(32-16-15-17-33(40-2)36(32)41-3)30-24-27-38(28-25-30)26-23-29-19-21-31(37)22-20-29/h15-17,19-22,30,35H,4-14,18,23-28H2,1-3H3/t35-/m1/s1. The van der Waals surface area contributed by atoms with Crippen molar-refractivity contribution in [3.63, 3.8) is 0 Å². The number of ether oxygens (including phenoxy) is 3. The van der Waals surface area contributed by atoms with E-state index in [0.717, 1.165) is 62.9 Å². The van der Waals surface area contributed by atoms with Crippen molar-refractivity contribution < 1.29 is 23.4 Å². The fourth-order valence-corrected chi connectivity index (χ4v) is 6.10. The Morgan fingerprint density at radius 2 is 1.48 bits per heavy atom. The molecule has 5 nitrogen and oxygen atoms in total. The van der Waals surface area contributed by atoms with Gasteiger partial charge in [0.05, 0.1) is 14.2 Å². The van der Waals surface area contributed by atoms with Gasteiger partial charge in [0, 0.05) is 24.4 Å². The molecule has 0 radical (unpaired) electrons. The second kappa shape index (κ2) is 19.6.